The Balaban J connectivity index is 0.00000465. The second-order valence-electron chi connectivity index (χ2n) is 12.3. The van der Waals surface area contributed by atoms with Gasteiger partial charge in [-0.25, -0.2) is 9.97 Å². The SMILES string of the molecule is [2H]c1c([2H])c([2H])c(-c2cnc(N3CCCc4c3[c-]c(Oc3[c-]c5c(cc3)CCCN5c3cc(C)c(-c5ccccc5)cn3)cc4[N+]#[C-])cc2C)c([2H])c1[2H].[Pt+2]. The van der Waals surface area contributed by atoms with Crippen molar-refractivity contribution in [2.45, 2.75) is 39.5 Å². The minimum Gasteiger partial charge on any atom is -0.510 e. The number of ether oxygens (including phenoxy) is 1. The predicted octanol–water partition coefficient (Wildman–Crippen LogP) is 10.5. The van der Waals surface area contributed by atoms with Crippen LogP contribution in [0.3, 0.4) is 0 Å². The number of benzene rings is 4. The standard InChI is InChI=1S/C43H35N5O.Pt/c1-29-22-42(45-27-37(29)31-12-6-4-7-13-31)47-20-10-16-33-18-19-34(25-40(33)47)49-35-24-39(44-3)36-17-11-21-48(41(36)26-35)43-23-30(2)38(28-46-43)32-14-8-5-9-15-32;/h4-9,12-15,18-19,22-24,27-28H,10-11,16-17,20-21H2,1-2H3;/q-2;+2/i5D,8D,9D,14D,15D;. The van der Waals surface area contributed by atoms with Gasteiger partial charge in [0.15, 0.2) is 0 Å². The van der Waals surface area contributed by atoms with Crippen LogP contribution in [0.4, 0.5) is 28.7 Å². The van der Waals surface area contributed by atoms with Gasteiger partial charge in [-0.15, -0.1) is 35.4 Å². The molecule has 0 atom stereocenters. The van der Waals surface area contributed by atoms with Crippen molar-refractivity contribution in [1.82, 2.24) is 9.97 Å². The fourth-order valence-corrected chi connectivity index (χ4v) is 6.77. The quantitative estimate of drug-likeness (QED) is 0.156. The minimum atomic E-state index is -0.434. The predicted molar refractivity (Wildman–Crippen MR) is 196 cm³/mol. The molecule has 0 saturated heterocycles. The van der Waals surface area contributed by atoms with Gasteiger partial charge in [0, 0.05) is 48.1 Å². The number of hydrogen-bond donors (Lipinski definition) is 0. The first kappa shape index (κ1) is 27.6. The summed E-state index contributed by atoms with van der Waals surface area (Å²) >= 11 is 0. The van der Waals surface area contributed by atoms with Crippen molar-refractivity contribution in [3.63, 3.8) is 0 Å². The summed E-state index contributed by atoms with van der Waals surface area (Å²) in [6.45, 7) is 13.4. The normalized spacial score (nSPS) is 14.9. The van der Waals surface area contributed by atoms with Gasteiger partial charge in [-0.1, -0.05) is 84.8 Å². The Labute approximate surface area is 315 Å². The summed E-state index contributed by atoms with van der Waals surface area (Å²) in [4.78, 5) is 17.7. The van der Waals surface area contributed by atoms with E-state index in [0.29, 0.717) is 52.8 Å². The molecule has 8 rings (SSSR count). The second kappa shape index (κ2) is 14.3. The minimum absolute atomic E-state index is 0. The van der Waals surface area contributed by atoms with E-state index in [1.807, 2.05) is 48.4 Å². The first-order valence-electron chi connectivity index (χ1n) is 18.9. The Morgan fingerprint density at radius 2 is 1.40 bits per heavy atom. The molecule has 50 heavy (non-hydrogen) atoms. The fraction of sp³-hybridized carbons (Fsp3) is 0.186. The van der Waals surface area contributed by atoms with Gasteiger partial charge in [-0.05, 0) is 61.1 Å². The number of pyridine rings is 2. The van der Waals surface area contributed by atoms with Crippen LogP contribution in [0.15, 0.2) is 103 Å². The topological polar surface area (TPSA) is 45.9 Å². The summed E-state index contributed by atoms with van der Waals surface area (Å²) < 4.78 is 47.6. The largest absolute Gasteiger partial charge is 2.00 e. The van der Waals surface area contributed by atoms with E-state index in [4.69, 9.17) is 28.1 Å². The van der Waals surface area contributed by atoms with Crippen molar-refractivity contribution in [3.05, 3.63) is 149 Å². The zero-order valence-corrected chi connectivity index (χ0v) is 29.9. The molecule has 7 heteroatoms. The van der Waals surface area contributed by atoms with E-state index in [-0.39, 0.29) is 50.8 Å². The van der Waals surface area contributed by atoms with E-state index >= 15 is 0 Å². The van der Waals surface area contributed by atoms with Gasteiger partial charge >= 0.3 is 21.1 Å². The third kappa shape index (κ3) is 6.42. The smallest absolute Gasteiger partial charge is 0.510 e. The van der Waals surface area contributed by atoms with Crippen LogP contribution < -0.4 is 14.5 Å². The van der Waals surface area contributed by atoms with Crippen molar-refractivity contribution < 1.29 is 32.7 Å². The van der Waals surface area contributed by atoms with Gasteiger partial charge in [0.25, 0.3) is 0 Å². The average molecular weight is 838 g/mol. The van der Waals surface area contributed by atoms with Gasteiger partial charge < -0.3 is 14.5 Å². The van der Waals surface area contributed by atoms with Gasteiger partial charge in [0.2, 0.25) is 0 Å². The molecule has 0 aliphatic carbocycles. The van der Waals surface area contributed by atoms with Gasteiger partial charge in [0.05, 0.1) is 19.1 Å². The van der Waals surface area contributed by atoms with Crippen molar-refractivity contribution in [1.29, 1.82) is 0 Å². The molecule has 0 spiro atoms. The molecule has 0 bridgehead atoms. The maximum atomic E-state index is 8.46. The van der Waals surface area contributed by atoms with E-state index in [0.717, 1.165) is 65.1 Å². The zero-order valence-electron chi connectivity index (χ0n) is 32.6. The molecule has 6 aromatic rings. The molecule has 248 valence electrons. The first-order chi connectivity index (χ1) is 26.1. The summed E-state index contributed by atoms with van der Waals surface area (Å²) in [5.41, 5.74) is 8.77. The van der Waals surface area contributed by atoms with Gasteiger partial charge in [-0.3, -0.25) is 4.85 Å². The summed E-state index contributed by atoms with van der Waals surface area (Å²) in [5, 5.41) is 0. The van der Waals surface area contributed by atoms with Crippen LogP contribution in [0.25, 0.3) is 27.1 Å². The summed E-state index contributed by atoms with van der Waals surface area (Å²) in [5.74, 6) is 2.35. The van der Waals surface area contributed by atoms with E-state index in [2.05, 4.69) is 53.1 Å². The van der Waals surface area contributed by atoms with Crippen LogP contribution >= 0.6 is 0 Å². The Morgan fingerprint density at radius 3 is 2.08 bits per heavy atom. The van der Waals surface area contributed by atoms with E-state index in [1.54, 1.807) is 12.3 Å². The molecule has 2 aromatic heterocycles. The van der Waals surface area contributed by atoms with Crippen molar-refractivity contribution in [3.8, 4) is 33.8 Å². The van der Waals surface area contributed by atoms with E-state index in [1.165, 1.54) is 0 Å². The molecule has 2 aliphatic rings. The van der Waals surface area contributed by atoms with Crippen molar-refractivity contribution in [2.24, 2.45) is 0 Å². The maximum Gasteiger partial charge on any atom is 2.00 e. The van der Waals surface area contributed by atoms with Crippen LogP contribution in [0.1, 0.15) is 41.9 Å². The van der Waals surface area contributed by atoms with Crippen LogP contribution in [0.5, 0.6) is 11.5 Å². The fourth-order valence-electron chi connectivity index (χ4n) is 6.77. The van der Waals surface area contributed by atoms with Crippen molar-refractivity contribution >= 4 is 28.7 Å². The molecule has 0 amide bonds. The molecular weight excluding hydrogens is 798 g/mol. The third-order valence-electron chi connectivity index (χ3n) is 9.20. The number of anilines is 4. The second-order valence-corrected chi connectivity index (χ2v) is 12.3. The third-order valence-corrected chi connectivity index (χ3v) is 9.20. The Kier molecular flexibility index (Phi) is 7.89. The summed E-state index contributed by atoms with van der Waals surface area (Å²) in [6, 6.07) is 25.1. The number of rotatable bonds is 6. The van der Waals surface area contributed by atoms with Crippen LogP contribution in [0, 0.1) is 32.6 Å². The van der Waals surface area contributed by atoms with Crippen molar-refractivity contribution in [2.75, 3.05) is 22.9 Å². The van der Waals surface area contributed by atoms with Crippen LogP contribution in [-0.2, 0) is 33.9 Å². The first-order valence-corrected chi connectivity index (χ1v) is 16.4. The molecule has 6 nitrogen and oxygen atoms in total. The van der Waals surface area contributed by atoms with Gasteiger partial charge in [-0.2, -0.15) is 6.07 Å². The molecule has 4 heterocycles. The number of aryl methyl sites for hydroxylation is 3. The van der Waals surface area contributed by atoms with Crippen LogP contribution in [0.2, 0.25) is 0 Å². The molecule has 0 saturated carbocycles. The molecule has 2 aliphatic heterocycles. The molecule has 0 radical (unpaired) electrons. The molecule has 0 N–H and O–H groups in total. The Morgan fingerprint density at radius 1 is 0.760 bits per heavy atom. The monoisotopic (exact) mass is 837 g/mol. The maximum absolute atomic E-state index is 8.46. The average Bonchev–Trinajstić information content (AvgIpc) is 3.19. The molecular formula is C43H35N5OPt. The number of nitrogens with zero attached hydrogens (tertiary/aromatic N) is 5. The Bertz CT molecular complexity index is 2480. The number of aromatic nitrogens is 2. The Hall–Kier alpha value is -5.24. The summed E-state index contributed by atoms with van der Waals surface area (Å²) in [6.07, 6.45) is 6.91. The molecule has 0 fully saturated rings. The van der Waals surface area contributed by atoms with E-state index < -0.39 is 6.04 Å². The molecule has 4 aromatic carbocycles. The number of hydrogen-bond acceptors (Lipinski definition) is 5. The van der Waals surface area contributed by atoms with Gasteiger partial charge in [0.1, 0.15) is 11.6 Å². The molecule has 0 unspecified atom stereocenters. The van der Waals surface area contributed by atoms with Crippen LogP contribution in [-0.4, -0.2) is 23.1 Å². The summed E-state index contributed by atoms with van der Waals surface area (Å²) in [7, 11) is 0. The van der Waals surface area contributed by atoms with E-state index in [9.17, 15) is 0 Å². The number of fused-ring (bicyclic) bond motifs is 2. The zero-order chi connectivity index (χ0) is 37.7.